The minimum Gasteiger partial charge on any atom is -0.301 e. The summed E-state index contributed by atoms with van der Waals surface area (Å²) < 4.78 is 0.399. The van der Waals surface area contributed by atoms with Gasteiger partial charge >= 0.3 is 0 Å². The third-order valence-electron chi connectivity index (χ3n) is 3.47. The second-order valence-electron chi connectivity index (χ2n) is 5.63. The molecule has 1 atom stereocenters. The number of thiol groups is 1. The lowest BCUT2D eigenvalue weighted by Crippen LogP contribution is -2.44. The summed E-state index contributed by atoms with van der Waals surface area (Å²) >= 11 is 6.63. The van der Waals surface area contributed by atoms with Crippen molar-refractivity contribution >= 4 is 24.4 Å². The lowest BCUT2D eigenvalue weighted by Gasteiger charge is -2.39. The summed E-state index contributed by atoms with van der Waals surface area (Å²) in [5.41, 5.74) is 1.42. The molecule has 0 spiro atoms. The summed E-state index contributed by atoms with van der Waals surface area (Å²) in [5.74, 6) is 2.73. The molecular weight excluding hydrogens is 258 g/mol. The molecule has 1 heterocycles. The van der Waals surface area contributed by atoms with E-state index in [-0.39, 0.29) is 0 Å². The Balaban J connectivity index is 1.98. The molecule has 0 radical (unpaired) electrons. The van der Waals surface area contributed by atoms with Crippen LogP contribution in [-0.4, -0.2) is 40.8 Å². The normalized spacial score (nSPS) is 21.7. The first-order valence-electron chi connectivity index (χ1n) is 6.63. The van der Waals surface area contributed by atoms with Crippen LogP contribution in [0.25, 0.3) is 0 Å². The molecule has 0 bridgehead atoms. The summed E-state index contributed by atoms with van der Waals surface area (Å²) in [6, 6.07) is 10.8. The second-order valence-corrected chi connectivity index (χ2v) is 7.80. The van der Waals surface area contributed by atoms with E-state index in [1.807, 2.05) is 0 Å². The second kappa shape index (κ2) is 6.36. The first-order chi connectivity index (χ1) is 8.61. The summed E-state index contributed by atoms with van der Waals surface area (Å²) in [4.78, 5) is 2.60. The fourth-order valence-electron chi connectivity index (χ4n) is 2.58. The van der Waals surface area contributed by atoms with Crippen LogP contribution in [0.1, 0.15) is 25.3 Å². The Bertz CT molecular complexity index is 364. The third-order valence-corrected chi connectivity index (χ3v) is 5.21. The van der Waals surface area contributed by atoms with E-state index in [9.17, 15) is 0 Å². The van der Waals surface area contributed by atoms with E-state index in [0.29, 0.717) is 10.7 Å². The van der Waals surface area contributed by atoms with Gasteiger partial charge in [0.15, 0.2) is 0 Å². The van der Waals surface area contributed by atoms with Crippen LogP contribution in [-0.2, 0) is 0 Å². The molecule has 18 heavy (non-hydrogen) atoms. The molecule has 1 nitrogen and oxygen atoms in total. The van der Waals surface area contributed by atoms with Crippen molar-refractivity contribution in [2.24, 2.45) is 0 Å². The smallest absolute Gasteiger partial charge is 0.0231 e. The Morgan fingerprint density at radius 1 is 1.33 bits per heavy atom. The van der Waals surface area contributed by atoms with Crippen molar-refractivity contribution in [2.75, 3.05) is 31.1 Å². The fourth-order valence-corrected chi connectivity index (χ4v) is 4.08. The molecule has 0 saturated carbocycles. The zero-order valence-corrected chi connectivity index (χ0v) is 13.0. The van der Waals surface area contributed by atoms with Crippen molar-refractivity contribution in [1.29, 1.82) is 0 Å². The van der Waals surface area contributed by atoms with Crippen LogP contribution in [0.3, 0.4) is 0 Å². The number of benzene rings is 1. The number of nitrogens with zero attached hydrogens (tertiary/aromatic N) is 1. The highest BCUT2D eigenvalue weighted by atomic mass is 32.2. The lowest BCUT2D eigenvalue weighted by molar-refractivity contribution is 0.250. The van der Waals surface area contributed by atoms with E-state index in [4.69, 9.17) is 0 Å². The third kappa shape index (κ3) is 3.94. The maximum absolute atomic E-state index is 4.54. The topological polar surface area (TPSA) is 3.24 Å². The van der Waals surface area contributed by atoms with E-state index >= 15 is 0 Å². The van der Waals surface area contributed by atoms with Crippen LogP contribution >= 0.6 is 24.4 Å². The molecule has 1 fully saturated rings. The Morgan fingerprint density at radius 2 is 2.06 bits per heavy atom. The van der Waals surface area contributed by atoms with Gasteiger partial charge in [-0.15, -0.1) is 0 Å². The minimum atomic E-state index is 0.399. The average molecular weight is 281 g/mol. The minimum absolute atomic E-state index is 0.399. The van der Waals surface area contributed by atoms with Crippen molar-refractivity contribution in [3.63, 3.8) is 0 Å². The van der Waals surface area contributed by atoms with Gasteiger partial charge in [-0.25, -0.2) is 0 Å². The average Bonchev–Trinajstić information content (AvgIpc) is 2.36. The molecule has 0 amide bonds. The van der Waals surface area contributed by atoms with Crippen LogP contribution in [0.15, 0.2) is 30.3 Å². The highest BCUT2D eigenvalue weighted by molar-refractivity contribution is 8.00. The Morgan fingerprint density at radius 3 is 2.67 bits per heavy atom. The molecule has 0 aromatic heterocycles. The lowest BCUT2D eigenvalue weighted by atomic mass is 10.00. The maximum Gasteiger partial charge on any atom is 0.0231 e. The number of rotatable bonds is 4. The molecule has 1 aliphatic rings. The molecule has 1 aromatic rings. The summed E-state index contributed by atoms with van der Waals surface area (Å²) in [6.07, 6.45) is 0. The van der Waals surface area contributed by atoms with Gasteiger partial charge in [0, 0.05) is 36.1 Å². The number of thioether (sulfide) groups is 1. The van der Waals surface area contributed by atoms with Crippen molar-refractivity contribution in [1.82, 2.24) is 4.90 Å². The molecule has 3 heteroatoms. The zero-order chi connectivity index (χ0) is 13.0. The fraction of sp³-hybridized carbons (Fsp3) is 0.600. The molecule has 2 rings (SSSR count). The van der Waals surface area contributed by atoms with E-state index < -0.39 is 0 Å². The van der Waals surface area contributed by atoms with E-state index in [1.165, 1.54) is 24.4 Å². The molecule has 1 aromatic carbocycles. The number of hydrogen-bond donors (Lipinski definition) is 1. The largest absolute Gasteiger partial charge is 0.301 e. The van der Waals surface area contributed by atoms with Crippen molar-refractivity contribution in [3.8, 4) is 0 Å². The molecule has 100 valence electrons. The SMILES string of the molecule is CC1(C)CN(CC(CS)c2ccccc2)CCS1. The first kappa shape index (κ1) is 14.3. The summed E-state index contributed by atoms with van der Waals surface area (Å²) in [6.45, 7) is 8.24. The van der Waals surface area contributed by atoms with Crippen LogP contribution in [0.4, 0.5) is 0 Å². The maximum atomic E-state index is 4.54. The Kier molecular flexibility index (Phi) is 5.05. The van der Waals surface area contributed by atoms with Crippen molar-refractivity contribution in [2.45, 2.75) is 24.5 Å². The predicted octanol–water partition coefficient (Wildman–Crippen LogP) is 3.53. The van der Waals surface area contributed by atoms with Gasteiger partial charge in [-0.1, -0.05) is 30.3 Å². The molecule has 1 aliphatic heterocycles. The summed E-state index contributed by atoms with van der Waals surface area (Å²) in [5, 5.41) is 0. The monoisotopic (exact) mass is 281 g/mol. The highest BCUT2D eigenvalue weighted by Crippen LogP contribution is 2.30. The van der Waals surface area contributed by atoms with E-state index in [2.05, 4.69) is 73.5 Å². The van der Waals surface area contributed by atoms with Crippen LogP contribution in [0.5, 0.6) is 0 Å². The van der Waals surface area contributed by atoms with Gasteiger partial charge in [-0.05, 0) is 25.2 Å². The Labute approximate surface area is 121 Å². The molecule has 1 saturated heterocycles. The van der Waals surface area contributed by atoms with Crippen molar-refractivity contribution < 1.29 is 0 Å². The predicted molar refractivity (Wildman–Crippen MR) is 86.0 cm³/mol. The zero-order valence-electron chi connectivity index (χ0n) is 11.3. The van der Waals surface area contributed by atoms with Gasteiger partial charge in [0.05, 0.1) is 0 Å². The van der Waals surface area contributed by atoms with Gasteiger partial charge in [-0.3, -0.25) is 0 Å². The molecule has 0 aliphatic carbocycles. The van der Waals surface area contributed by atoms with Gasteiger partial charge < -0.3 is 4.90 Å². The quantitative estimate of drug-likeness (QED) is 0.841. The molecule has 0 N–H and O–H groups in total. The van der Waals surface area contributed by atoms with Gasteiger partial charge in [0.1, 0.15) is 0 Å². The molecule has 1 unspecified atom stereocenters. The first-order valence-corrected chi connectivity index (χ1v) is 8.25. The van der Waals surface area contributed by atoms with Crippen LogP contribution in [0, 0.1) is 0 Å². The Hall–Kier alpha value is -0.120. The van der Waals surface area contributed by atoms with Crippen molar-refractivity contribution in [3.05, 3.63) is 35.9 Å². The number of hydrogen-bond acceptors (Lipinski definition) is 3. The van der Waals surface area contributed by atoms with E-state index in [0.717, 1.165) is 12.3 Å². The molecular formula is C15H23NS2. The standard InChI is InChI=1S/C15H23NS2/c1-15(2)12-16(8-9-18-15)10-14(11-17)13-6-4-3-5-7-13/h3-7,14,17H,8-12H2,1-2H3. The highest BCUT2D eigenvalue weighted by Gasteiger charge is 2.28. The van der Waals surface area contributed by atoms with E-state index in [1.54, 1.807) is 0 Å². The van der Waals surface area contributed by atoms with Crippen LogP contribution in [0.2, 0.25) is 0 Å². The van der Waals surface area contributed by atoms with Gasteiger partial charge in [-0.2, -0.15) is 24.4 Å². The van der Waals surface area contributed by atoms with Gasteiger partial charge in [0.25, 0.3) is 0 Å². The van der Waals surface area contributed by atoms with Gasteiger partial charge in [0.2, 0.25) is 0 Å². The van der Waals surface area contributed by atoms with Crippen LogP contribution < -0.4 is 0 Å². The summed E-state index contributed by atoms with van der Waals surface area (Å²) in [7, 11) is 0.